The van der Waals surface area contributed by atoms with E-state index in [2.05, 4.69) is 32.2 Å². The lowest BCUT2D eigenvalue weighted by Crippen LogP contribution is -2.51. The van der Waals surface area contributed by atoms with Gasteiger partial charge in [0, 0.05) is 29.5 Å². The highest BCUT2D eigenvalue weighted by Crippen LogP contribution is 2.61. The predicted octanol–water partition coefficient (Wildman–Crippen LogP) is 11.0. The minimum Gasteiger partial charge on any atom is -0.497 e. The molecule has 1 N–H and O–H groups in total. The minimum absolute atomic E-state index is 0.105. The summed E-state index contributed by atoms with van der Waals surface area (Å²) in [5.74, 6) is 1.71. The summed E-state index contributed by atoms with van der Waals surface area (Å²) in [4.78, 5) is 49.9. The van der Waals surface area contributed by atoms with Crippen molar-refractivity contribution >= 4 is 59.4 Å². The molecule has 3 amide bonds. The van der Waals surface area contributed by atoms with E-state index in [4.69, 9.17) is 18.9 Å². The maximum Gasteiger partial charge on any atom is 0.266 e. The molecule has 0 saturated carbocycles. The molecule has 0 bridgehead atoms. The number of aliphatic hydroxyl groups is 1. The van der Waals surface area contributed by atoms with E-state index >= 15 is 4.79 Å². The zero-order valence-corrected chi connectivity index (χ0v) is 39.1. The van der Waals surface area contributed by atoms with E-state index in [9.17, 15) is 14.7 Å². The monoisotopic (exact) mass is 919 g/mol. The number of aliphatic hydroxyl groups excluding tert-OH is 1. The molecule has 7 aromatic rings. The molecule has 68 heavy (non-hydrogen) atoms. The fraction of sp³-hybridized carbons (Fsp3) is 0.196. The van der Waals surface area contributed by atoms with Crippen LogP contribution in [0.3, 0.4) is 0 Å². The SMILES string of the molecule is COc1ccc([Si](C)(C)[C@@H]2[C@@H](CCO)O[C@]3(C(=O)N(Cc4ccc(N5C(=O)c6ccccc6Oc6ccccc65)cc4)c4ccc(N5C(=O)c6ccccc6Oc6ccccc65)cc43)[C@H]2C)cc1. The van der Waals surface area contributed by atoms with Crippen molar-refractivity contribution in [2.45, 2.75) is 50.2 Å². The molecule has 0 unspecified atom stereocenters. The lowest BCUT2D eigenvalue weighted by Gasteiger charge is -2.37. The number of anilines is 5. The Morgan fingerprint density at radius 1 is 0.632 bits per heavy atom. The Kier molecular flexibility index (Phi) is 10.6. The van der Waals surface area contributed by atoms with Crippen LogP contribution in [0.2, 0.25) is 18.6 Å². The smallest absolute Gasteiger partial charge is 0.266 e. The number of fused-ring (bicyclic) bond motifs is 6. The number of amides is 3. The number of benzene rings is 7. The van der Waals surface area contributed by atoms with Crippen LogP contribution in [0.5, 0.6) is 28.7 Å². The molecule has 12 heteroatoms. The number of carbonyl (C=O) groups is 3. The van der Waals surface area contributed by atoms with Crippen LogP contribution in [0, 0.1) is 5.92 Å². The summed E-state index contributed by atoms with van der Waals surface area (Å²) in [6.45, 7) is 6.80. The molecule has 1 saturated heterocycles. The Balaban J connectivity index is 1.02. The number of hydrogen-bond acceptors (Lipinski definition) is 8. The molecule has 0 aliphatic carbocycles. The lowest BCUT2D eigenvalue weighted by molar-refractivity contribution is -0.146. The van der Waals surface area contributed by atoms with Crippen LogP contribution in [0.4, 0.5) is 28.4 Å². The van der Waals surface area contributed by atoms with Gasteiger partial charge in [0.05, 0.1) is 56.0 Å². The van der Waals surface area contributed by atoms with Gasteiger partial charge in [-0.05, 0) is 109 Å². The largest absolute Gasteiger partial charge is 0.497 e. The van der Waals surface area contributed by atoms with Crippen molar-refractivity contribution in [3.05, 3.63) is 186 Å². The third-order valence-corrected chi connectivity index (χ3v) is 18.7. The van der Waals surface area contributed by atoms with Crippen molar-refractivity contribution in [2.24, 2.45) is 5.92 Å². The van der Waals surface area contributed by atoms with Gasteiger partial charge in [0.1, 0.15) is 17.2 Å². The Morgan fingerprint density at radius 3 is 1.74 bits per heavy atom. The number of nitrogens with zero attached hydrogens (tertiary/aromatic N) is 3. The van der Waals surface area contributed by atoms with Crippen LogP contribution in [0.1, 0.15) is 45.2 Å². The van der Waals surface area contributed by atoms with Crippen LogP contribution in [-0.4, -0.2) is 50.7 Å². The zero-order valence-electron chi connectivity index (χ0n) is 38.1. The molecule has 0 aromatic heterocycles. The van der Waals surface area contributed by atoms with E-state index in [1.165, 1.54) is 5.19 Å². The number of carbonyl (C=O) groups excluding carboxylic acids is 3. The second-order valence-corrected chi connectivity index (χ2v) is 23.0. The molecule has 4 heterocycles. The first kappa shape index (κ1) is 43.1. The Hall–Kier alpha value is -7.51. The minimum atomic E-state index is -2.50. The molecule has 7 aromatic carbocycles. The average molecular weight is 920 g/mol. The van der Waals surface area contributed by atoms with Gasteiger partial charge in [-0.15, -0.1) is 0 Å². The van der Waals surface area contributed by atoms with Crippen LogP contribution >= 0.6 is 0 Å². The number of para-hydroxylation sites is 6. The fourth-order valence-corrected chi connectivity index (χ4v) is 15.1. The first-order valence-corrected chi connectivity index (χ1v) is 26.0. The Bertz CT molecular complexity index is 3140. The summed E-state index contributed by atoms with van der Waals surface area (Å²) >= 11 is 0. The van der Waals surface area contributed by atoms with Gasteiger partial charge in [0.25, 0.3) is 17.7 Å². The molecular formula is C56H49N3O8Si. The Labute approximate surface area is 395 Å². The van der Waals surface area contributed by atoms with Crippen LogP contribution < -0.4 is 34.1 Å². The molecule has 4 aliphatic rings. The third kappa shape index (κ3) is 6.73. The van der Waals surface area contributed by atoms with E-state index in [0.29, 0.717) is 74.5 Å². The fourth-order valence-electron chi connectivity index (χ4n) is 11.1. The average Bonchev–Trinajstić information content (AvgIpc) is 3.67. The van der Waals surface area contributed by atoms with Crippen LogP contribution in [0.15, 0.2) is 164 Å². The molecule has 4 aliphatic heterocycles. The van der Waals surface area contributed by atoms with Gasteiger partial charge in [-0.3, -0.25) is 24.2 Å². The third-order valence-electron chi connectivity index (χ3n) is 14.3. The van der Waals surface area contributed by atoms with E-state index in [1.54, 1.807) is 46.1 Å². The van der Waals surface area contributed by atoms with Crippen molar-refractivity contribution in [3.8, 4) is 28.7 Å². The highest BCUT2D eigenvalue weighted by molar-refractivity contribution is 6.91. The molecule has 11 nitrogen and oxygen atoms in total. The second-order valence-electron chi connectivity index (χ2n) is 18.3. The first-order chi connectivity index (χ1) is 33.0. The molecule has 340 valence electrons. The number of hydrogen-bond donors (Lipinski definition) is 1. The summed E-state index contributed by atoms with van der Waals surface area (Å²) in [5.41, 5.74) is 3.80. The summed E-state index contributed by atoms with van der Waals surface area (Å²) in [6, 6.07) is 50.9. The molecule has 1 spiro atoms. The summed E-state index contributed by atoms with van der Waals surface area (Å²) in [5, 5.41) is 11.8. The van der Waals surface area contributed by atoms with Gasteiger partial charge in [-0.25, -0.2) is 0 Å². The molecular weight excluding hydrogens is 871 g/mol. The van der Waals surface area contributed by atoms with Crippen LogP contribution in [-0.2, 0) is 21.7 Å². The summed E-state index contributed by atoms with van der Waals surface area (Å²) in [6.07, 6.45) is -0.116. The quantitative estimate of drug-likeness (QED) is 0.142. The van der Waals surface area contributed by atoms with Gasteiger partial charge >= 0.3 is 0 Å². The van der Waals surface area contributed by atoms with Gasteiger partial charge in [0.2, 0.25) is 0 Å². The normalized spacial score (nSPS) is 20.4. The molecule has 4 atom stereocenters. The van der Waals surface area contributed by atoms with Crippen molar-refractivity contribution < 1.29 is 38.4 Å². The summed E-state index contributed by atoms with van der Waals surface area (Å²) < 4.78 is 25.4. The maximum absolute atomic E-state index is 15.8. The van der Waals surface area contributed by atoms with Gasteiger partial charge in [-0.2, -0.15) is 0 Å². The van der Waals surface area contributed by atoms with Crippen LogP contribution in [0.25, 0.3) is 0 Å². The van der Waals surface area contributed by atoms with E-state index in [0.717, 1.165) is 11.3 Å². The van der Waals surface area contributed by atoms with Crippen molar-refractivity contribution in [1.29, 1.82) is 0 Å². The van der Waals surface area contributed by atoms with E-state index in [-0.39, 0.29) is 42.3 Å². The lowest BCUT2D eigenvalue weighted by atomic mass is 9.82. The second kappa shape index (κ2) is 16.7. The van der Waals surface area contributed by atoms with Gasteiger partial charge in [-0.1, -0.05) is 98.0 Å². The standard InChI is InChI=1S/C56H49N3O8Si/c1-35-52(68(3,4)40-28-26-39(64-2)27-29-40)51(31-32-60)67-56(35)43-33-38(59-46-16-8-12-20-50(46)66-48-18-10-6-14-42(48)54(59)62)25-30-44(43)57(55(56)63)34-36-21-23-37(24-22-36)58-45-15-7-11-19-49(45)65-47-17-9-5-13-41(47)53(58)61/h5-30,33,35,51-52,60H,31-32,34H2,1-4H3/t35-,51+,52-,56+/m0/s1. The van der Waals surface area contributed by atoms with Crippen molar-refractivity contribution in [1.82, 2.24) is 0 Å². The number of methoxy groups -OCH3 is 1. The highest BCUT2D eigenvalue weighted by Gasteiger charge is 2.66. The van der Waals surface area contributed by atoms with Crippen molar-refractivity contribution in [2.75, 3.05) is 28.4 Å². The highest BCUT2D eigenvalue weighted by atomic mass is 28.3. The maximum atomic E-state index is 15.8. The van der Waals surface area contributed by atoms with Gasteiger partial charge < -0.3 is 29.0 Å². The number of ether oxygens (including phenoxy) is 4. The van der Waals surface area contributed by atoms with Crippen molar-refractivity contribution in [3.63, 3.8) is 0 Å². The van der Waals surface area contributed by atoms with E-state index in [1.807, 2.05) is 127 Å². The van der Waals surface area contributed by atoms with E-state index < -0.39 is 19.8 Å². The number of rotatable bonds is 9. The molecule has 11 rings (SSSR count). The Morgan fingerprint density at radius 2 is 1.16 bits per heavy atom. The topological polar surface area (TPSA) is 118 Å². The molecule has 0 radical (unpaired) electrons. The first-order valence-electron chi connectivity index (χ1n) is 22.9. The zero-order chi connectivity index (χ0) is 46.9. The van der Waals surface area contributed by atoms with Gasteiger partial charge in [0.15, 0.2) is 17.1 Å². The molecule has 1 fully saturated rings. The summed E-state index contributed by atoms with van der Waals surface area (Å²) in [7, 11) is -0.851. The predicted molar refractivity (Wildman–Crippen MR) is 264 cm³/mol.